The van der Waals surface area contributed by atoms with Crippen molar-refractivity contribution in [3.05, 3.63) is 95.1 Å². The van der Waals surface area contributed by atoms with Crippen LogP contribution in [0.5, 0.6) is 0 Å². The zero-order valence-electron chi connectivity index (χ0n) is 20.1. The third-order valence-electron chi connectivity index (χ3n) is 6.09. The van der Waals surface area contributed by atoms with Crippen molar-refractivity contribution in [3.63, 3.8) is 0 Å². The molecule has 0 bridgehead atoms. The Labute approximate surface area is 229 Å². The van der Waals surface area contributed by atoms with E-state index in [4.69, 9.17) is 23.2 Å². The number of rotatable bonds is 7. The minimum absolute atomic E-state index is 0.0589. The zero-order valence-corrected chi connectivity index (χ0v) is 21.6. The number of halogens is 4. The SMILES string of the molecule is Cn1nncc1-c1cnn(C(Cn2cc(F)cn2)c2ccc(-c3c(-n4cc(Cl)nn4)ccc(Cl)c3F)cn2)c1. The standard InChI is InChI=1S/C24H17Cl2F2N11/c1-36-20(9-30-34-36)15-7-32-38(10-15)21(12-37-11-16(27)8-31-37)18-4-2-14(6-29-18)23-19(5-3-17(25)24(23)28)39-13-22(26)33-35-39/h2-11,13,21H,12H2,1H3. The van der Waals surface area contributed by atoms with Gasteiger partial charge in [0.2, 0.25) is 0 Å². The Balaban J connectivity index is 1.40. The first kappa shape index (κ1) is 24.8. The smallest absolute Gasteiger partial charge is 0.171 e. The van der Waals surface area contributed by atoms with Gasteiger partial charge < -0.3 is 0 Å². The summed E-state index contributed by atoms with van der Waals surface area (Å²) in [4.78, 5) is 4.63. The lowest BCUT2D eigenvalue weighted by Gasteiger charge is -2.18. The van der Waals surface area contributed by atoms with Crippen LogP contribution in [0, 0.1) is 11.6 Å². The summed E-state index contributed by atoms with van der Waals surface area (Å²) in [6.07, 6.45) is 10.5. The molecule has 6 aromatic rings. The van der Waals surface area contributed by atoms with E-state index >= 15 is 4.39 Å². The van der Waals surface area contributed by atoms with Crippen LogP contribution in [0.2, 0.25) is 10.2 Å². The number of aryl methyl sites for hydroxylation is 1. The first-order chi connectivity index (χ1) is 18.9. The van der Waals surface area contributed by atoms with E-state index in [9.17, 15) is 4.39 Å². The fourth-order valence-electron chi connectivity index (χ4n) is 4.24. The monoisotopic (exact) mass is 567 g/mol. The number of hydrogen-bond donors (Lipinski definition) is 0. The van der Waals surface area contributed by atoms with Crippen LogP contribution in [0.25, 0.3) is 28.1 Å². The molecule has 5 aromatic heterocycles. The van der Waals surface area contributed by atoms with E-state index in [1.165, 1.54) is 34.0 Å². The molecule has 0 N–H and O–H groups in total. The molecular formula is C24H17Cl2F2N11. The summed E-state index contributed by atoms with van der Waals surface area (Å²) in [5.41, 5.74) is 3.15. The average Bonchev–Trinajstić information content (AvgIpc) is 3.73. The van der Waals surface area contributed by atoms with Crippen LogP contribution in [0.3, 0.4) is 0 Å². The highest BCUT2D eigenvalue weighted by atomic mass is 35.5. The molecule has 0 fully saturated rings. The predicted octanol–water partition coefficient (Wildman–Crippen LogP) is 4.39. The Bertz CT molecular complexity index is 1770. The molecule has 1 aromatic carbocycles. The molecule has 0 spiro atoms. The molecule has 39 heavy (non-hydrogen) atoms. The molecule has 1 atom stereocenters. The molecule has 6 rings (SSSR count). The summed E-state index contributed by atoms with van der Waals surface area (Å²) < 4.78 is 35.2. The number of benzene rings is 1. The molecule has 0 amide bonds. The van der Waals surface area contributed by atoms with Crippen molar-refractivity contribution in [2.45, 2.75) is 12.6 Å². The van der Waals surface area contributed by atoms with Gasteiger partial charge in [0.05, 0.1) is 59.6 Å². The molecule has 0 saturated carbocycles. The minimum Gasteiger partial charge on any atom is -0.267 e. The normalized spacial score (nSPS) is 12.2. The van der Waals surface area contributed by atoms with Gasteiger partial charge in [-0.25, -0.2) is 18.1 Å². The second-order valence-electron chi connectivity index (χ2n) is 8.56. The summed E-state index contributed by atoms with van der Waals surface area (Å²) >= 11 is 12.0. The van der Waals surface area contributed by atoms with Gasteiger partial charge in [-0.15, -0.1) is 10.2 Å². The molecule has 1 unspecified atom stereocenters. The van der Waals surface area contributed by atoms with Gasteiger partial charge in [-0.2, -0.15) is 10.2 Å². The fourth-order valence-corrected chi connectivity index (χ4v) is 4.52. The average molecular weight is 568 g/mol. The summed E-state index contributed by atoms with van der Waals surface area (Å²) in [6, 6.07) is 6.02. The maximum absolute atomic E-state index is 15.3. The molecule has 15 heteroatoms. The van der Waals surface area contributed by atoms with Crippen LogP contribution in [0.1, 0.15) is 11.7 Å². The van der Waals surface area contributed by atoms with Gasteiger partial charge in [-0.1, -0.05) is 39.7 Å². The first-order valence-corrected chi connectivity index (χ1v) is 12.2. The van der Waals surface area contributed by atoms with E-state index in [1.54, 1.807) is 47.0 Å². The summed E-state index contributed by atoms with van der Waals surface area (Å²) in [6.45, 7) is 0.231. The Hall–Kier alpha value is -4.49. The summed E-state index contributed by atoms with van der Waals surface area (Å²) in [5.74, 6) is -1.10. The maximum Gasteiger partial charge on any atom is 0.171 e. The molecule has 0 radical (unpaired) electrons. The van der Waals surface area contributed by atoms with Gasteiger partial charge in [0, 0.05) is 36.1 Å². The van der Waals surface area contributed by atoms with Gasteiger partial charge in [0.1, 0.15) is 6.04 Å². The Morgan fingerprint density at radius 2 is 1.77 bits per heavy atom. The van der Waals surface area contributed by atoms with Crippen molar-refractivity contribution >= 4 is 23.2 Å². The van der Waals surface area contributed by atoms with E-state index in [1.807, 2.05) is 6.20 Å². The van der Waals surface area contributed by atoms with Crippen molar-refractivity contribution in [2.75, 3.05) is 0 Å². The van der Waals surface area contributed by atoms with Crippen molar-refractivity contribution in [2.24, 2.45) is 7.05 Å². The van der Waals surface area contributed by atoms with E-state index < -0.39 is 17.7 Å². The number of nitrogens with zero attached hydrogens (tertiary/aromatic N) is 11. The lowest BCUT2D eigenvalue weighted by molar-refractivity contribution is 0.421. The fraction of sp³-hybridized carbons (Fsp3) is 0.125. The van der Waals surface area contributed by atoms with Gasteiger partial charge in [-0.05, 0) is 18.2 Å². The second kappa shape index (κ2) is 10.0. The van der Waals surface area contributed by atoms with Crippen molar-refractivity contribution in [1.82, 2.24) is 54.5 Å². The van der Waals surface area contributed by atoms with E-state index in [0.717, 1.165) is 17.5 Å². The molecule has 0 aliphatic rings. The number of pyridine rings is 1. The van der Waals surface area contributed by atoms with Crippen molar-refractivity contribution in [1.29, 1.82) is 0 Å². The largest absolute Gasteiger partial charge is 0.267 e. The molecular weight excluding hydrogens is 551 g/mol. The second-order valence-corrected chi connectivity index (χ2v) is 9.36. The zero-order chi connectivity index (χ0) is 27.1. The molecule has 0 aliphatic heterocycles. The highest BCUT2D eigenvalue weighted by Gasteiger charge is 2.22. The maximum atomic E-state index is 15.3. The lowest BCUT2D eigenvalue weighted by atomic mass is 10.0. The summed E-state index contributed by atoms with van der Waals surface area (Å²) in [7, 11) is 1.78. The third kappa shape index (κ3) is 4.77. The van der Waals surface area contributed by atoms with Gasteiger partial charge in [-0.3, -0.25) is 14.3 Å². The van der Waals surface area contributed by atoms with Crippen LogP contribution in [0.15, 0.2) is 67.6 Å². The summed E-state index contributed by atoms with van der Waals surface area (Å²) in [5, 5.41) is 24.3. The third-order valence-corrected chi connectivity index (χ3v) is 6.56. The topological polar surface area (TPSA) is 110 Å². The minimum atomic E-state index is -0.639. The molecule has 0 aliphatic carbocycles. The van der Waals surface area contributed by atoms with Crippen LogP contribution < -0.4 is 0 Å². The quantitative estimate of drug-likeness (QED) is 0.281. The van der Waals surface area contributed by atoms with Crippen LogP contribution in [-0.4, -0.2) is 54.5 Å². The highest BCUT2D eigenvalue weighted by molar-refractivity contribution is 6.31. The molecule has 0 saturated heterocycles. The molecule has 196 valence electrons. The number of hydrogen-bond acceptors (Lipinski definition) is 7. The number of aromatic nitrogens is 11. The Morgan fingerprint density at radius 1 is 0.897 bits per heavy atom. The van der Waals surface area contributed by atoms with Gasteiger partial charge in [0.15, 0.2) is 16.8 Å². The molecule has 11 nitrogen and oxygen atoms in total. The van der Waals surface area contributed by atoms with Crippen LogP contribution >= 0.6 is 23.2 Å². The van der Waals surface area contributed by atoms with Crippen LogP contribution in [-0.2, 0) is 13.6 Å². The Kier molecular flexibility index (Phi) is 6.37. The van der Waals surface area contributed by atoms with Crippen molar-refractivity contribution < 1.29 is 8.78 Å². The predicted molar refractivity (Wildman–Crippen MR) is 137 cm³/mol. The van der Waals surface area contributed by atoms with E-state index in [2.05, 4.69) is 35.8 Å². The van der Waals surface area contributed by atoms with Crippen LogP contribution in [0.4, 0.5) is 8.78 Å². The van der Waals surface area contributed by atoms with E-state index in [0.29, 0.717) is 16.9 Å². The van der Waals surface area contributed by atoms with E-state index in [-0.39, 0.29) is 22.3 Å². The lowest BCUT2D eigenvalue weighted by Crippen LogP contribution is -2.19. The van der Waals surface area contributed by atoms with Crippen molar-refractivity contribution in [3.8, 4) is 28.1 Å². The van der Waals surface area contributed by atoms with Gasteiger partial charge >= 0.3 is 0 Å². The highest BCUT2D eigenvalue weighted by Crippen LogP contribution is 2.34. The molecule has 5 heterocycles. The Morgan fingerprint density at radius 3 is 2.44 bits per heavy atom. The first-order valence-electron chi connectivity index (χ1n) is 11.5. The van der Waals surface area contributed by atoms with Gasteiger partial charge in [0.25, 0.3) is 0 Å².